The van der Waals surface area contributed by atoms with Crippen molar-refractivity contribution in [2.24, 2.45) is 0 Å². The van der Waals surface area contributed by atoms with Crippen LogP contribution in [0.3, 0.4) is 0 Å². The Labute approximate surface area is 182 Å². The number of fused-ring (bicyclic) bond motifs is 1. The van der Waals surface area contributed by atoms with Crippen LogP contribution in [0.15, 0.2) is 78.9 Å². The van der Waals surface area contributed by atoms with Gasteiger partial charge in [-0.2, -0.15) is 5.06 Å². The molecule has 4 aromatic rings. The highest BCUT2D eigenvalue weighted by Gasteiger charge is 2.44. The molecule has 0 unspecified atom stereocenters. The SMILES string of the molecule is O=C(O)c1ccc(-n2c(O)c3c(c2O)[C@H](c2ccccc2O)N(c2ccccc2)O3)cc1. The van der Waals surface area contributed by atoms with Gasteiger partial charge in [0.05, 0.1) is 22.5 Å². The first kappa shape index (κ1) is 19.4. The number of benzene rings is 3. The van der Waals surface area contributed by atoms with Crippen LogP contribution < -0.4 is 9.90 Å². The number of para-hydroxylation sites is 2. The van der Waals surface area contributed by atoms with E-state index in [4.69, 9.17) is 9.94 Å². The summed E-state index contributed by atoms with van der Waals surface area (Å²) in [5.74, 6) is -1.66. The van der Waals surface area contributed by atoms with Crippen LogP contribution >= 0.6 is 0 Å². The van der Waals surface area contributed by atoms with E-state index in [0.29, 0.717) is 16.9 Å². The van der Waals surface area contributed by atoms with Gasteiger partial charge in [-0.15, -0.1) is 0 Å². The molecule has 0 spiro atoms. The Morgan fingerprint density at radius 3 is 2.09 bits per heavy atom. The molecule has 1 aliphatic rings. The molecule has 1 atom stereocenters. The van der Waals surface area contributed by atoms with E-state index in [-0.39, 0.29) is 34.4 Å². The molecule has 160 valence electrons. The fraction of sp³-hybridized carbons (Fsp3) is 0.0417. The largest absolute Gasteiger partial charge is 0.508 e. The van der Waals surface area contributed by atoms with Crippen molar-refractivity contribution in [3.05, 3.63) is 95.6 Å². The first-order valence-corrected chi connectivity index (χ1v) is 9.77. The van der Waals surface area contributed by atoms with Gasteiger partial charge < -0.3 is 25.3 Å². The number of aromatic hydroxyl groups is 3. The number of rotatable bonds is 4. The van der Waals surface area contributed by atoms with Gasteiger partial charge >= 0.3 is 5.97 Å². The molecule has 0 aliphatic carbocycles. The predicted octanol–water partition coefficient (Wildman–Crippen LogP) is 4.20. The van der Waals surface area contributed by atoms with Crippen molar-refractivity contribution >= 4 is 11.7 Å². The smallest absolute Gasteiger partial charge is 0.335 e. The van der Waals surface area contributed by atoms with E-state index in [1.54, 1.807) is 18.2 Å². The Balaban J connectivity index is 1.68. The molecule has 0 amide bonds. The standard InChI is InChI=1S/C24H18N2O6/c27-18-9-5-4-8-17(18)20-19-21(32-26(20)16-6-2-1-3-7-16)23(29)25(22(19)28)15-12-10-14(11-13-15)24(30)31/h1-13,20,27-29H,(H,30,31)/t20-/m0/s1. The minimum atomic E-state index is -1.08. The maximum absolute atomic E-state index is 11.1. The fourth-order valence-corrected chi connectivity index (χ4v) is 3.92. The summed E-state index contributed by atoms with van der Waals surface area (Å²) in [7, 11) is 0. The minimum absolute atomic E-state index is 0.00679. The lowest BCUT2D eigenvalue weighted by molar-refractivity contribution is 0.0697. The summed E-state index contributed by atoms with van der Waals surface area (Å²) >= 11 is 0. The van der Waals surface area contributed by atoms with Crippen molar-refractivity contribution < 1.29 is 30.1 Å². The van der Waals surface area contributed by atoms with Gasteiger partial charge in [-0.1, -0.05) is 36.4 Å². The van der Waals surface area contributed by atoms with Gasteiger partial charge in [-0.3, -0.25) is 0 Å². The Hall–Kier alpha value is -4.59. The predicted molar refractivity (Wildman–Crippen MR) is 116 cm³/mol. The molecule has 0 radical (unpaired) electrons. The molecule has 5 rings (SSSR count). The lowest BCUT2D eigenvalue weighted by Gasteiger charge is -2.26. The zero-order valence-corrected chi connectivity index (χ0v) is 16.6. The second-order valence-corrected chi connectivity index (χ2v) is 7.29. The average Bonchev–Trinajstić information content (AvgIpc) is 3.31. The second-order valence-electron chi connectivity index (χ2n) is 7.29. The number of hydrogen-bond acceptors (Lipinski definition) is 6. The van der Waals surface area contributed by atoms with Crippen molar-refractivity contribution in [3.63, 3.8) is 0 Å². The maximum atomic E-state index is 11.1. The zero-order valence-electron chi connectivity index (χ0n) is 16.6. The molecule has 1 aliphatic heterocycles. The fourth-order valence-electron chi connectivity index (χ4n) is 3.92. The van der Waals surface area contributed by atoms with E-state index in [1.165, 1.54) is 40.0 Å². The highest BCUT2D eigenvalue weighted by Crippen LogP contribution is 2.55. The Morgan fingerprint density at radius 2 is 1.44 bits per heavy atom. The third-order valence-electron chi connectivity index (χ3n) is 5.42. The van der Waals surface area contributed by atoms with Gasteiger partial charge in [0.15, 0.2) is 0 Å². The molecule has 1 aromatic heterocycles. The van der Waals surface area contributed by atoms with Crippen molar-refractivity contribution in [3.8, 4) is 28.9 Å². The summed E-state index contributed by atoms with van der Waals surface area (Å²) in [6.45, 7) is 0. The van der Waals surface area contributed by atoms with Crippen LogP contribution in [-0.4, -0.2) is 31.0 Å². The summed E-state index contributed by atoms with van der Waals surface area (Å²) in [6, 6.07) is 20.8. The van der Waals surface area contributed by atoms with Crippen LogP contribution in [0.25, 0.3) is 5.69 Å². The molecular formula is C24H18N2O6. The van der Waals surface area contributed by atoms with Crippen LogP contribution in [0.1, 0.15) is 27.5 Å². The number of phenolic OH excluding ortho intramolecular Hbond substituents is 1. The lowest BCUT2D eigenvalue weighted by atomic mass is 9.99. The van der Waals surface area contributed by atoms with Gasteiger partial charge in [0.1, 0.15) is 11.8 Å². The number of carboxylic acids is 1. The average molecular weight is 430 g/mol. The Morgan fingerprint density at radius 1 is 0.781 bits per heavy atom. The first-order chi connectivity index (χ1) is 15.5. The number of nitrogens with zero attached hydrogens (tertiary/aromatic N) is 2. The van der Waals surface area contributed by atoms with Crippen molar-refractivity contribution in [1.29, 1.82) is 0 Å². The number of hydrogen-bond donors (Lipinski definition) is 4. The topological polar surface area (TPSA) is 115 Å². The van der Waals surface area contributed by atoms with Crippen molar-refractivity contribution in [1.82, 2.24) is 4.57 Å². The van der Waals surface area contributed by atoms with Crippen LogP contribution in [0.5, 0.6) is 23.3 Å². The number of phenols is 1. The summed E-state index contributed by atoms with van der Waals surface area (Å²) in [5.41, 5.74) is 1.84. The van der Waals surface area contributed by atoms with Crippen molar-refractivity contribution in [2.75, 3.05) is 5.06 Å². The van der Waals surface area contributed by atoms with E-state index in [0.717, 1.165) is 0 Å². The Kier molecular flexibility index (Phi) is 4.41. The van der Waals surface area contributed by atoms with Crippen LogP contribution in [0.4, 0.5) is 5.69 Å². The van der Waals surface area contributed by atoms with E-state index >= 15 is 0 Å². The third kappa shape index (κ3) is 2.89. The summed E-state index contributed by atoms with van der Waals surface area (Å²) in [5, 5.41) is 43.3. The van der Waals surface area contributed by atoms with Gasteiger partial charge in [-0.25, -0.2) is 9.36 Å². The molecule has 0 saturated carbocycles. The molecule has 0 saturated heterocycles. The van der Waals surface area contributed by atoms with Gasteiger partial charge in [-0.05, 0) is 42.5 Å². The number of carboxylic acid groups (broad SMARTS) is 1. The third-order valence-corrected chi connectivity index (χ3v) is 5.42. The highest BCUT2D eigenvalue weighted by molar-refractivity contribution is 5.87. The number of hydroxylamine groups is 1. The van der Waals surface area contributed by atoms with Crippen LogP contribution in [0, 0.1) is 0 Å². The summed E-state index contributed by atoms with van der Waals surface area (Å²) in [6.07, 6.45) is 0. The molecule has 0 bridgehead atoms. The minimum Gasteiger partial charge on any atom is -0.508 e. The number of anilines is 1. The van der Waals surface area contributed by atoms with Gasteiger partial charge in [0.25, 0.3) is 0 Å². The quantitative estimate of drug-likeness (QED) is 0.384. The van der Waals surface area contributed by atoms with E-state index in [9.17, 15) is 20.1 Å². The normalized spacial score (nSPS) is 14.8. The van der Waals surface area contributed by atoms with Gasteiger partial charge in [0, 0.05) is 5.56 Å². The van der Waals surface area contributed by atoms with E-state index in [1.807, 2.05) is 30.3 Å². The number of aromatic carboxylic acids is 1. The van der Waals surface area contributed by atoms with Crippen LogP contribution in [-0.2, 0) is 0 Å². The molecule has 8 nitrogen and oxygen atoms in total. The summed E-state index contributed by atoms with van der Waals surface area (Å²) in [4.78, 5) is 17.1. The van der Waals surface area contributed by atoms with E-state index < -0.39 is 12.0 Å². The molecular weight excluding hydrogens is 412 g/mol. The number of aromatic nitrogens is 1. The van der Waals surface area contributed by atoms with Gasteiger partial charge in [0.2, 0.25) is 17.5 Å². The van der Waals surface area contributed by atoms with Crippen molar-refractivity contribution in [2.45, 2.75) is 6.04 Å². The molecule has 3 aromatic carbocycles. The molecule has 0 fully saturated rings. The number of carbonyl (C=O) groups is 1. The zero-order chi connectivity index (χ0) is 22.4. The molecule has 4 N–H and O–H groups in total. The molecule has 2 heterocycles. The first-order valence-electron chi connectivity index (χ1n) is 9.77. The molecule has 32 heavy (non-hydrogen) atoms. The molecule has 8 heteroatoms. The van der Waals surface area contributed by atoms with E-state index in [2.05, 4.69) is 0 Å². The maximum Gasteiger partial charge on any atom is 0.335 e. The van der Waals surface area contributed by atoms with Crippen LogP contribution in [0.2, 0.25) is 0 Å². The Bertz CT molecular complexity index is 1310. The summed E-state index contributed by atoms with van der Waals surface area (Å²) < 4.78 is 1.17. The monoisotopic (exact) mass is 430 g/mol. The highest BCUT2D eigenvalue weighted by atomic mass is 16.7. The second kappa shape index (κ2) is 7.28. The lowest BCUT2D eigenvalue weighted by Crippen LogP contribution is -2.27.